The number of hydrogen-bond acceptors (Lipinski definition) is 8. The molecule has 2 aromatic carbocycles. The van der Waals surface area contributed by atoms with Gasteiger partial charge in [0.25, 0.3) is 17.7 Å². The summed E-state index contributed by atoms with van der Waals surface area (Å²) in [6.07, 6.45) is 5.05. The summed E-state index contributed by atoms with van der Waals surface area (Å²) >= 11 is 6.03. The number of carbonyl (C=O) groups is 4. The van der Waals surface area contributed by atoms with E-state index in [1.807, 2.05) is 12.1 Å². The highest BCUT2D eigenvalue weighted by Gasteiger charge is 2.37. The van der Waals surface area contributed by atoms with E-state index in [1.54, 1.807) is 18.3 Å². The van der Waals surface area contributed by atoms with Crippen LogP contribution < -0.4 is 10.7 Å². The fourth-order valence-corrected chi connectivity index (χ4v) is 4.12. The van der Waals surface area contributed by atoms with Crippen LogP contribution in [0, 0.1) is 0 Å². The number of nitrogens with one attached hydrogen (secondary N) is 2. The zero-order chi connectivity index (χ0) is 26.6. The molecule has 10 nitrogen and oxygen atoms in total. The first-order valence-corrected chi connectivity index (χ1v) is 12.0. The third kappa shape index (κ3) is 5.02. The molecule has 3 heterocycles. The van der Waals surface area contributed by atoms with Gasteiger partial charge in [-0.05, 0) is 61.0 Å². The normalized spacial score (nSPS) is 12.4. The Balaban J connectivity index is 1.16. The predicted octanol–water partition coefficient (Wildman–Crippen LogP) is 3.88. The number of pyridine rings is 2. The minimum atomic E-state index is -0.739. The second-order valence-corrected chi connectivity index (χ2v) is 8.76. The van der Waals surface area contributed by atoms with Gasteiger partial charge < -0.3 is 10.1 Å². The quantitative estimate of drug-likeness (QED) is 0.200. The summed E-state index contributed by atoms with van der Waals surface area (Å²) in [5.74, 6) is -2.70. The molecule has 1 aliphatic rings. The van der Waals surface area contributed by atoms with Gasteiger partial charge in [-0.3, -0.25) is 29.8 Å². The molecule has 4 aromatic rings. The number of ether oxygens (including phenoxy) is 1. The molecule has 0 saturated carbocycles. The van der Waals surface area contributed by atoms with E-state index in [2.05, 4.69) is 20.7 Å². The number of hydrogen-bond donors (Lipinski definition) is 2. The number of anilines is 1. The molecule has 0 saturated heterocycles. The molecular weight excluding hydrogens is 510 g/mol. The maximum atomic E-state index is 12.8. The summed E-state index contributed by atoms with van der Waals surface area (Å²) in [6, 6.07) is 14.3. The fourth-order valence-electron chi connectivity index (χ4n) is 3.96. The minimum absolute atomic E-state index is 0.00538. The summed E-state index contributed by atoms with van der Waals surface area (Å²) in [7, 11) is 0. The van der Waals surface area contributed by atoms with Gasteiger partial charge in [-0.1, -0.05) is 11.6 Å². The molecule has 3 amide bonds. The topological polar surface area (TPSA) is 131 Å². The Labute approximate surface area is 221 Å². The van der Waals surface area contributed by atoms with Crippen LogP contribution in [0.3, 0.4) is 0 Å². The van der Waals surface area contributed by atoms with Gasteiger partial charge in [0.1, 0.15) is 0 Å². The van der Waals surface area contributed by atoms with Crippen molar-refractivity contribution in [2.45, 2.75) is 6.42 Å². The number of nitrogens with zero attached hydrogens (tertiary/aromatic N) is 3. The lowest BCUT2D eigenvalue weighted by molar-refractivity contribution is 0.0503. The summed E-state index contributed by atoms with van der Waals surface area (Å²) in [5, 5.41) is 5.46. The number of rotatable bonds is 8. The first kappa shape index (κ1) is 24.8. The highest BCUT2D eigenvalue weighted by atomic mass is 35.5. The number of benzene rings is 2. The number of fused-ring (bicyclic) bond motifs is 2. The first-order valence-electron chi connectivity index (χ1n) is 11.6. The maximum Gasteiger partial charge on any atom is 0.338 e. The third-order valence-corrected chi connectivity index (χ3v) is 6.09. The van der Waals surface area contributed by atoms with Crippen molar-refractivity contribution in [1.82, 2.24) is 20.4 Å². The number of hydrazine groups is 1. The van der Waals surface area contributed by atoms with Crippen LogP contribution in [-0.2, 0) is 4.74 Å². The van der Waals surface area contributed by atoms with E-state index in [-0.39, 0.29) is 28.9 Å². The summed E-state index contributed by atoms with van der Waals surface area (Å²) in [5.41, 5.74) is 4.40. The Hall–Kier alpha value is -4.83. The second-order valence-electron chi connectivity index (χ2n) is 8.32. The Morgan fingerprint density at radius 2 is 1.68 bits per heavy atom. The van der Waals surface area contributed by atoms with Crippen molar-refractivity contribution in [1.29, 1.82) is 0 Å². The molecule has 190 valence electrons. The van der Waals surface area contributed by atoms with Crippen LogP contribution in [0.1, 0.15) is 47.9 Å². The van der Waals surface area contributed by atoms with E-state index in [0.717, 1.165) is 16.6 Å². The van der Waals surface area contributed by atoms with Crippen molar-refractivity contribution in [2.24, 2.45) is 0 Å². The fraction of sp³-hybridized carbons (Fsp3) is 0.111. The Kier molecular flexibility index (Phi) is 6.96. The maximum absolute atomic E-state index is 12.8. The van der Waals surface area contributed by atoms with E-state index >= 15 is 0 Å². The molecule has 5 rings (SSSR count). The highest BCUT2D eigenvalue weighted by molar-refractivity contribution is 6.31. The van der Waals surface area contributed by atoms with Crippen molar-refractivity contribution in [2.75, 3.05) is 18.5 Å². The lowest BCUT2D eigenvalue weighted by Gasteiger charge is -2.14. The molecule has 0 aliphatic carbocycles. The Morgan fingerprint density at radius 3 is 2.50 bits per heavy atom. The first-order chi connectivity index (χ1) is 18.4. The summed E-state index contributed by atoms with van der Waals surface area (Å²) in [4.78, 5) is 58.5. The predicted molar refractivity (Wildman–Crippen MR) is 139 cm³/mol. The smallest absolute Gasteiger partial charge is 0.338 e. The molecule has 11 heteroatoms. The average Bonchev–Trinajstić information content (AvgIpc) is 3.17. The van der Waals surface area contributed by atoms with Crippen LogP contribution in [0.2, 0.25) is 5.02 Å². The van der Waals surface area contributed by atoms with Gasteiger partial charge in [0, 0.05) is 46.8 Å². The molecule has 2 aromatic heterocycles. The van der Waals surface area contributed by atoms with E-state index in [4.69, 9.17) is 16.3 Å². The SMILES string of the molecule is O=C(NN1C(=O)c2ccc(C(=O)OCCCNc3ccnc4cc(Cl)ccc34)cc2C1=O)c1ccncc1. The summed E-state index contributed by atoms with van der Waals surface area (Å²) < 4.78 is 5.35. The second kappa shape index (κ2) is 10.7. The Bertz CT molecular complexity index is 1580. The van der Waals surface area contributed by atoms with Gasteiger partial charge in [0.05, 0.1) is 28.8 Å². The molecular formula is C27H20ClN5O5. The molecule has 2 N–H and O–H groups in total. The number of esters is 1. The average molecular weight is 530 g/mol. The van der Waals surface area contributed by atoms with Gasteiger partial charge in [-0.25, -0.2) is 4.79 Å². The van der Waals surface area contributed by atoms with Crippen LogP contribution in [-0.4, -0.2) is 51.8 Å². The lowest BCUT2D eigenvalue weighted by Crippen LogP contribution is -2.45. The van der Waals surface area contributed by atoms with Crippen molar-refractivity contribution in [3.63, 3.8) is 0 Å². The molecule has 1 aliphatic heterocycles. The number of carbonyl (C=O) groups excluding carboxylic acids is 4. The van der Waals surface area contributed by atoms with Gasteiger partial charge >= 0.3 is 5.97 Å². The van der Waals surface area contributed by atoms with Crippen LogP contribution in [0.4, 0.5) is 5.69 Å². The van der Waals surface area contributed by atoms with Gasteiger partial charge in [0.2, 0.25) is 0 Å². The minimum Gasteiger partial charge on any atom is -0.462 e. The molecule has 0 radical (unpaired) electrons. The van der Waals surface area contributed by atoms with Crippen molar-refractivity contribution >= 4 is 51.9 Å². The molecule has 0 bridgehead atoms. The zero-order valence-corrected chi connectivity index (χ0v) is 20.6. The number of amides is 3. The molecule has 0 atom stereocenters. The van der Waals surface area contributed by atoms with Crippen molar-refractivity contribution in [3.05, 3.63) is 100 Å². The number of imide groups is 1. The molecule has 38 heavy (non-hydrogen) atoms. The lowest BCUT2D eigenvalue weighted by atomic mass is 10.1. The van der Waals surface area contributed by atoms with Gasteiger partial charge in [-0.15, -0.1) is 0 Å². The van der Waals surface area contributed by atoms with E-state index < -0.39 is 23.7 Å². The largest absolute Gasteiger partial charge is 0.462 e. The van der Waals surface area contributed by atoms with Crippen LogP contribution in [0.15, 0.2) is 73.2 Å². The number of aromatic nitrogens is 2. The standard InChI is InChI=1S/C27H20ClN5O5/c28-18-3-5-20-22(8-12-31-23(20)15-18)30-9-1-13-38-27(37)17-2-4-19-21(14-17)26(36)33(25(19)35)32-24(34)16-6-10-29-11-7-16/h2-8,10-12,14-15H,1,9,13H2,(H,30,31)(H,32,34). The number of halogens is 1. The molecule has 0 unspecified atom stereocenters. The van der Waals surface area contributed by atoms with E-state index in [9.17, 15) is 19.2 Å². The molecule has 0 fully saturated rings. The highest BCUT2D eigenvalue weighted by Crippen LogP contribution is 2.25. The van der Waals surface area contributed by atoms with Crippen LogP contribution >= 0.6 is 11.6 Å². The van der Waals surface area contributed by atoms with Crippen molar-refractivity contribution in [3.8, 4) is 0 Å². The van der Waals surface area contributed by atoms with Crippen molar-refractivity contribution < 1.29 is 23.9 Å². The van der Waals surface area contributed by atoms with E-state index in [1.165, 1.54) is 42.7 Å². The third-order valence-electron chi connectivity index (χ3n) is 5.85. The monoisotopic (exact) mass is 529 g/mol. The van der Waals surface area contributed by atoms with Crippen LogP contribution in [0.5, 0.6) is 0 Å². The van der Waals surface area contributed by atoms with Gasteiger partial charge in [-0.2, -0.15) is 5.01 Å². The van der Waals surface area contributed by atoms with Gasteiger partial charge in [0.15, 0.2) is 0 Å². The molecule has 0 spiro atoms. The van der Waals surface area contributed by atoms with Crippen LogP contribution in [0.25, 0.3) is 10.9 Å². The summed E-state index contributed by atoms with van der Waals surface area (Å²) in [6.45, 7) is 0.678. The zero-order valence-electron chi connectivity index (χ0n) is 19.8. The van der Waals surface area contributed by atoms with E-state index in [0.29, 0.717) is 23.0 Å². The Morgan fingerprint density at radius 1 is 0.895 bits per heavy atom.